The number of alkyl carbamates (subject to hydrolysis) is 1. The highest BCUT2D eigenvalue weighted by atomic mass is 79.9. The van der Waals surface area contributed by atoms with Gasteiger partial charge in [0, 0.05) is 10.0 Å². The van der Waals surface area contributed by atoms with Gasteiger partial charge < -0.3 is 14.8 Å². The lowest BCUT2D eigenvalue weighted by atomic mass is 10.0. The van der Waals surface area contributed by atoms with Gasteiger partial charge in [0.2, 0.25) is 0 Å². The van der Waals surface area contributed by atoms with Crippen molar-refractivity contribution < 1.29 is 19.1 Å². The quantitative estimate of drug-likeness (QED) is 0.629. The molecule has 0 aliphatic rings. The van der Waals surface area contributed by atoms with Crippen LogP contribution in [0.3, 0.4) is 0 Å². The summed E-state index contributed by atoms with van der Waals surface area (Å²) in [6.45, 7) is 7.27. The van der Waals surface area contributed by atoms with Gasteiger partial charge in [0.1, 0.15) is 5.60 Å². The Hall–Kier alpha value is -2.00. The van der Waals surface area contributed by atoms with Gasteiger partial charge in [0.15, 0.2) is 0 Å². The van der Waals surface area contributed by atoms with E-state index in [4.69, 9.17) is 9.47 Å². The van der Waals surface area contributed by atoms with Gasteiger partial charge in [-0.1, -0.05) is 27.8 Å². The first-order valence-corrected chi connectivity index (χ1v) is 7.77. The molecule has 1 amide bonds. The lowest BCUT2D eigenvalue weighted by molar-refractivity contribution is 0.0533. The molecule has 0 saturated heterocycles. The molecule has 0 aliphatic carbocycles. The number of amides is 1. The second-order valence-corrected chi connectivity index (χ2v) is 6.71. The fraction of sp³-hybridized carbons (Fsp3) is 0.412. The Bertz CT molecular complexity index is 666. The lowest BCUT2D eigenvalue weighted by Gasteiger charge is -2.19. The van der Waals surface area contributed by atoms with Crippen LogP contribution in [0.4, 0.5) is 4.79 Å². The van der Waals surface area contributed by atoms with E-state index in [1.165, 1.54) is 7.11 Å². The number of nitrogens with one attached hydrogen (secondary N) is 1. The van der Waals surface area contributed by atoms with Gasteiger partial charge in [-0.15, -0.1) is 0 Å². The summed E-state index contributed by atoms with van der Waals surface area (Å²) < 4.78 is 10.7. The molecule has 0 heterocycles. The smallest absolute Gasteiger partial charge is 0.408 e. The van der Waals surface area contributed by atoms with Crippen molar-refractivity contribution in [2.24, 2.45) is 0 Å². The fourth-order valence-corrected chi connectivity index (χ4v) is 2.36. The number of esters is 1. The minimum absolute atomic E-state index is 0.112. The molecule has 0 unspecified atom stereocenters. The summed E-state index contributed by atoms with van der Waals surface area (Å²) >= 11 is 3.37. The van der Waals surface area contributed by atoms with E-state index in [9.17, 15) is 9.59 Å². The number of aryl methyl sites for hydroxylation is 1. The van der Waals surface area contributed by atoms with E-state index in [0.717, 1.165) is 10.0 Å². The van der Waals surface area contributed by atoms with Crippen molar-refractivity contribution in [1.29, 1.82) is 0 Å². The van der Waals surface area contributed by atoms with Gasteiger partial charge in [0.05, 0.1) is 19.2 Å². The van der Waals surface area contributed by atoms with Crippen molar-refractivity contribution >= 4 is 28.0 Å². The summed E-state index contributed by atoms with van der Waals surface area (Å²) in [6, 6.07) is 3.55. The molecule has 1 aromatic carbocycles. The van der Waals surface area contributed by atoms with Crippen molar-refractivity contribution in [3.05, 3.63) is 33.3 Å². The van der Waals surface area contributed by atoms with E-state index in [-0.39, 0.29) is 6.54 Å². The third-order valence-electron chi connectivity index (χ3n) is 2.63. The van der Waals surface area contributed by atoms with E-state index >= 15 is 0 Å². The van der Waals surface area contributed by atoms with Gasteiger partial charge in [0.25, 0.3) is 0 Å². The van der Waals surface area contributed by atoms with Crippen LogP contribution in [-0.2, 0) is 9.47 Å². The Morgan fingerprint density at radius 2 is 1.96 bits per heavy atom. The third-order valence-corrected chi connectivity index (χ3v) is 3.09. The normalized spacial score (nSPS) is 10.3. The van der Waals surface area contributed by atoms with E-state index in [0.29, 0.717) is 11.1 Å². The average molecular weight is 382 g/mol. The number of hydrogen-bond acceptors (Lipinski definition) is 4. The number of carbonyl (C=O) groups is 2. The summed E-state index contributed by atoms with van der Waals surface area (Å²) in [5, 5.41) is 2.54. The minimum atomic E-state index is -0.559. The van der Waals surface area contributed by atoms with E-state index in [1.54, 1.807) is 33.8 Å². The second-order valence-electron chi connectivity index (χ2n) is 5.79. The highest BCUT2D eigenvalue weighted by Gasteiger charge is 2.16. The molecule has 0 aromatic heterocycles. The van der Waals surface area contributed by atoms with E-state index in [2.05, 4.69) is 33.1 Å². The Kier molecular flexibility index (Phi) is 6.64. The molecule has 1 rings (SSSR count). The minimum Gasteiger partial charge on any atom is -0.465 e. The van der Waals surface area contributed by atoms with Crippen molar-refractivity contribution in [1.82, 2.24) is 5.32 Å². The van der Waals surface area contributed by atoms with Crippen LogP contribution in [0.15, 0.2) is 16.6 Å². The number of carbonyl (C=O) groups excluding carboxylic acids is 2. The van der Waals surface area contributed by atoms with Crippen LogP contribution in [0.5, 0.6) is 0 Å². The van der Waals surface area contributed by atoms with E-state index < -0.39 is 17.7 Å². The van der Waals surface area contributed by atoms with Crippen LogP contribution in [0.2, 0.25) is 0 Å². The SMILES string of the molecule is COC(=O)c1c(C)cc(Br)cc1C#CCNC(=O)OC(C)(C)C. The van der Waals surface area contributed by atoms with Gasteiger partial charge in [-0.2, -0.15) is 0 Å². The largest absolute Gasteiger partial charge is 0.465 e. The van der Waals surface area contributed by atoms with Crippen LogP contribution in [0, 0.1) is 18.8 Å². The zero-order valence-corrected chi connectivity index (χ0v) is 15.5. The fourth-order valence-electron chi connectivity index (χ4n) is 1.78. The monoisotopic (exact) mass is 381 g/mol. The molecular weight excluding hydrogens is 362 g/mol. The number of ether oxygens (including phenoxy) is 2. The first kappa shape index (κ1) is 19.0. The van der Waals surface area contributed by atoms with Gasteiger partial charge in [-0.25, -0.2) is 9.59 Å². The summed E-state index contributed by atoms with van der Waals surface area (Å²) in [4.78, 5) is 23.4. The summed E-state index contributed by atoms with van der Waals surface area (Å²) in [7, 11) is 1.32. The summed E-state index contributed by atoms with van der Waals surface area (Å²) in [5.41, 5.74) is 1.16. The van der Waals surface area contributed by atoms with Crippen LogP contribution >= 0.6 is 15.9 Å². The number of halogens is 1. The van der Waals surface area contributed by atoms with Crippen molar-refractivity contribution in [3.63, 3.8) is 0 Å². The Labute approximate surface area is 144 Å². The number of rotatable bonds is 2. The second kappa shape index (κ2) is 8.02. The van der Waals surface area contributed by atoms with Gasteiger partial charge in [-0.3, -0.25) is 0 Å². The lowest BCUT2D eigenvalue weighted by Crippen LogP contribution is -2.32. The summed E-state index contributed by atoms with van der Waals surface area (Å²) in [5.74, 6) is 5.23. The Balaban J connectivity index is 2.86. The van der Waals surface area contributed by atoms with Crippen LogP contribution in [-0.4, -0.2) is 31.3 Å². The number of hydrogen-bond donors (Lipinski definition) is 1. The molecule has 1 N–H and O–H groups in total. The molecule has 0 fully saturated rings. The van der Waals surface area contributed by atoms with Gasteiger partial charge >= 0.3 is 12.1 Å². The predicted molar refractivity (Wildman–Crippen MR) is 91.3 cm³/mol. The first-order chi connectivity index (χ1) is 10.6. The number of benzene rings is 1. The molecule has 0 spiro atoms. The molecule has 6 heteroatoms. The Morgan fingerprint density at radius 1 is 1.30 bits per heavy atom. The highest BCUT2D eigenvalue weighted by molar-refractivity contribution is 9.10. The average Bonchev–Trinajstić information content (AvgIpc) is 2.40. The molecule has 0 bridgehead atoms. The van der Waals surface area contributed by atoms with Crippen molar-refractivity contribution in [3.8, 4) is 11.8 Å². The maximum atomic E-state index is 11.9. The van der Waals surface area contributed by atoms with E-state index in [1.807, 2.05) is 6.07 Å². The molecule has 5 nitrogen and oxygen atoms in total. The molecule has 0 radical (unpaired) electrons. The maximum Gasteiger partial charge on any atom is 0.408 e. The first-order valence-electron chi connectivity index (χ1n) is 6.98. The van der Waals surface area contributed by atoms with Gasteiger partial charge in [-0.05, 0) is 45.4 Å². The zero-order chi connectivity index (χ0) is 17.6. The topological polar surface area (TPSA) is 64.6 Å². The standard InChI is InChI=1S/C17H20BrNO4/c1-11-9-13(18)10-12(14(11)15(20)22-5)7-6-8-19-16(21)23-17(2,3)4/h9-10H,8H2,1-5H3,(H,19,21). The predicted octanol–water partition coefficient (Wildman–Crippen LogP) is 3.42. The molecule has 0 aliphatic heterocycles. The van der Waals surface area contributed by atoms with Crippen molar-refractivity contribution in [2.45, 2.75) is 33.3 Å². The molecule has 124 valence electrons. The zero-order valence-electron chi connectivity index (χ0n) is 13.9. The molecule has 0 saturated carbocycles. The van der Waals surface area contributed by atoms with Crippen LogP contribution < -0.4 is 5.32 Å². The molecule has 1 aromatic rings. The van der Waals surface area contributed by atoms with Crippen molar-refractivity contribution in [2.75, 3.05) is 13.7 Å². The maximum absolute atomic E-state index is 11.9. The molecule has 0 atom stereocenters. The summed E-state index contributed by atoms with van der Waals surface area (Å²) in [6.07, 6.45) is -0.537. The Morgan fingerprint density at radius 3 is 2.52 bits per heavy atom. The molecule has 23 heavy (non-hydrogen) atoms. The van der Waals surface area contributed by atoms with Crippen LogP contribution in [0.25, 0.3) is 0 Å². The number of methoxy groups -OCH3 is 1. The van der Waals surface area contributed by atoms with Crippen LogP contribution in [0.1, 0.15) is 42.3 Å². The third kappa shape index (κ3) is 6.33. The molecular formula is C17H20BrNO4. The highest BCUT2D eigenvalue weighted by Crippen LogP contribution is 2.21.